The van der Waals surface area contributed by atoms with Crippen molar-refractivity contribution in [2.45, 2.75) is 6.61 Å². The summed E-state index contributed by atoms with van der Waals surface area (Å²) in [4.78, 5) is 39.1. The molecule has 4 rings (SSSR count). The van der Waals surface area contributed by atoms with E-state index in [1.54, 1.807) is 48.5 Å². The molecule has 0 aromatic heterocycles. The number of amides is 2. The summed E-state index contributed by atoms with van der Waals surface area (Å²) in [5, 5.41) is 0.134. The second-order valence-corrected chi connectivity index (χ2v) is 11.4. The zero-order chi connectivity index (χ0) is 25.1. The van der Waals surface area contributed by atoms with Crippen LogP contribution in [-0.4, -0.2) is 28.4 Å². The van der Waals surface area contributed by atoms with Gasteiger partial charge in [0.15, 0.2) is 5.78 Å². The van der Waals surface area contributed by atoms with E-state index in [1.165, 1.54) is 0 Å². The van der Waals surface area contributed by atoms with Crippen molar-refractivity contribution in [3.05, 3.63) is 101 Å². The fourth-order valence-electron chi connectivity index (χ4n) is 3.22. The molecule has 1 heterocycles. The van der Waals surface area contributed by atoms with Crippen LogP contribution in [0.1, 0.15) is 21.5 Å². The molecule has 0 aliphatic carbocycles. The van der Waals surface area contributed by atoms with E-state index < -0.39 is 11.1 Å². The molecule has 3 aromatic carbocycles. The molecular formula is C25H15Br3ClNO4S. The van der Waals surface area contributed by atoms with Gasteiger partial charge >= 0.3 is 0 Å². The smallest absolute Gasteiger partial charge is 0.293 e. The van der Waals surface area contributed by atoms with Gasteiger partial charge in [-0.25, -0.2) is 0 Å². The number of Topliss-reactive ketones (excluding diaryl/α,β-unsaturated/α-hetero) is 1. The second kappa shape index (κ2) is 11.4. The van der Waals surface area contributed by atoms with Gasteiger partial charge < -0.3 is 4.74 Å². The maximum Gasteiger partial charge on any atom is 0.293 e. The fraction of sp³-hybridized carbons (Fsp3) is 0.0800. The molecule has 0 radical (unpaired) electrons. The molecule has 5 nitrogen and oxygen atoms in total. The standard InChI is InChI=1S/C25H15Br3ClNO4S/c26-17-7-5-15(6-8-17)21(31)12-30-24(32)22(35-25(30)33)11-14-9-18(27)23(19(28)10-14)34-13-16-3-1-2-4-20(16)29/h1-11H,12-13H2/b22-11+. The van der Waals surface area contributed by atoms with E-state index in [0.717, 1.165) is 26.7 Å². The normalized spacial score (nSPS) is 14.6. The Hall–Kier alpha value is -1.91. The maximum atomic E-state index is 12.9. The predicted molar refractivity (Wildman–Crippen MR) is 149 cm³/mol. The molecular weight excluding hydrogens is 686 g/mol. The van der Waals surface area contributed by atoms with Gasteiger partial charge in [0.2, 0.25) is 0 Å². The Balaban J connectivity index is 1.48. The van der Waals surface area contributed by atoms with E-state index in [1.807, 2.05) is 18.2 Å². The van der Waals surface area contributed by atoms with Crippen LogP contribution in [0.5, 0.6) is 5.75 Å². The first-order valence-corrected chi connectivity index (χ1v) is 13.7. The highest BCUT2D eigenvalue weighted by atomic mass is 79.9. The van der Waals surface area contributed by atoms with Crippen LogP contribution in [0.3, 0.4) is 0 Å². The monoisotopic (exact) mass is 697 g/mol. The Morgan fingerprint density at radius 3 is 2.31 bits per heavy atom. The van der Waals surface area contributed by atoms with E-state index in [4.69, 9.17) is 16.3 Å². The SMILES string of the molecule is O=C(CN1C(=O)S/C(=C/c2cc(Br)c(OCc3ccccc3Cl)c(Br)c2)C1=O)c1ccc(Br)cc1. The first-order valence-electron chi connectivity index (χ1n) is 10.1. The molecule has 3 aromatic rings. The molecule has 0 N–H and O–H groups in total. The number of halogens is 4. The Morgan fingerprint density at radius 1 is 1.00 bits per heavy atom. The minimum Gasteiger partial charge on any atom is -0.486 e. The van der Waals surface area contributed by atoms with Gasteiger partial charge in [0.05, 0.1) is 20.4 Å². The average molecular weight is 701 g/mol. The number of carbonyl (C=O) groups is 3. The fourth-order valence-corrected chi connectivity index (χ4v) is 5.97. The van der Waals surface area contributed by atoms with E-state index >= 15 is 0 Å². The highest BCUT2D eigenvalue weighted by Crippen LogP contribution is 2.38. The Labute approximate surface area is 236 Å². The molecule has 0 unspecified atom stereocenters. The van der Waals surface area contributed by atoms with E-state index in [9.17, 15) is 14.4 Å². The third-order valence-electron chi connectivity index (χ3n) is 4.99. The van der Waals surface area contributed by atoms with Gasteiger partial charge in [0, 0.05) is 20.6 Å². The number of rotatable bonds is 7. The van der Waals surface area contributed by atoms with E-state index in [2.05, 4.69) is 47.8 Å². The van der Waals surface area contributed by atoms with Gasteiger partial charge in [0.1, 0.15) is 12.4 Å². The van der Waals surface area contributed by atoms with Crippen molar-refractivity contribution in [2.75, 3.05) is 6.54 Å². The van der Waals surface area contributed by atoms with Crippen molar-refractivity contribution in [1.82, 2.24) is 4.90 Å². The third-order valence-corrected chi connectivity index (χ3v) is 7.97. The number of hydrogen-bond acceptors (Lipinski definition) is 5. The molecule has 178 valence electrons. The zero-order valence-electron chi connectivity index (χ0n) is 17.8. The van der Waals surface area contributed by atoms with E-state index in [0.29, 0.717) is 30.8 Å². The molecule has 0 saturated carbocycles. The highest BCUT2D eigenvalue weighted by Gasteiger charge is 2.36. The Bertz CT molecular complexity index is 1340. The van der Waals surface area contributed by atoms with E-state index in [-0.39, 0.29) is 23.8 Å². The number of imide groups is 1. The van der Waals surface area contributed by atoms with Crippen molar-refractivity contribution in [1.29, 1.82) is 0 Å². The number of benzene rings is 3. The van der Waals surface area contributed by atoms with Crippen LogP contribution in [0.25, 0.3) is 6.08 Å². The first kappa shape index (κ1) is 26.2. The summed E-state index contributed by atoms with van der Waals surface area (Å²) in [5.74, 6) is -0.237. The van der Waals surface area contributed by atoms with Gasteiger partial charge in [0.25, 0.3) is 11.1 Å². The largest absolute Gasteiger partial charge is 0.486 e. The number of carbonyl (C=O) groups excluding carboxylic acids is 3. The summed E-state index contributed by atoms with van der Waals surface area (Å²) < 4.78 is 8.09. The topological polar surface area (TPSA) is 63.7 Å². The van der Waals surface area contributed by atoms with Crippen LogP contribution in [0.4, 0.5) is 4.79 Å². The van der Waals surface area contributed by atoms with Crippen molar-refractivity contribution < 1.29 is 19.1 Å². The quantitative estimate of drug-likeness (QED) is 0.184. The molecule has 2 amide bonds. The number of ketones is 1. The molecule has 1 saturated heterocycles. The predicted octanol–water partition coefficient (Wildman–Crippen LogP) is 8.13. The van der Waals surface area contributed by atoms with Gasteiger partial charge in [-0.05, 0) is 85.6 Å². The second-order valence-electron chi connectivity index (χ2n) is 7.39. The molecule has 1 aliphatic rings. The average Bonchev–Trinajstić information content (AvgIpc) is 3.07. The van der Waals surface area contributed by atoms with Gasteiger partial charge in [-0.1, -0.05) is 57.9 Å². The molecule has 0 spiro atoms. The van der Waals surface area contributed by atoms with Crippen LogP contribution in [-0.2, 0) is 11.4 Å². The molecule has 0 bridgehead atoms. The maximum absolute atomic E-state index is 12.9. The summed E-state index contributed by atoms with van der Waals surface area (Å²) in [5.41, 5.74) is 1.96. The summed E-state index contributed by atoms with van der Waals surface area (Å²) in [6.07, 6.45) is 1.61. The first-order chi connectivity index (χ1) is 16.7. The highest BCUT2D eigenvalue weighted by molar-refractivity contribution is 9.11. The van der Waals surface area contributed by atoms with Crippen LogP contribution in [0.2, 0.25) is 5.02 Å². The number of nitrogens with zero attached hydrogens (tertiary/aromatic N) is 1. The summed E-state index contributed by atoms with van der Waals surface area (Å²) in [7, 11) is 0. The van der Waals surface area contributed by atoms with Crippen molar-refractivity contribution in [3.63, 3.8) is 0 Å². The zero-order valence-corrected chi connectivity index (χ0v) is 24.1. The molecule has 0 atom stereocenters. The van der Waals surface area contributed by atoms with Crippen LogP contribution in [0.15, 0.2) is 79.0 Å². The third kappa shape index (κ3) is 6.27. The minimum absolute atomic E-state index is 0.238. The number of ether oxygens (including phenoxy) is 1. The lowest BCUT2D eigenvalue weighted by molar-refractivity contribution is -0.122. The van der Waals surface area contributed by atoms with Crippen LogP contribution < -0.4 is 4.74 Å². The summed E-state index contributed by atoms with van der Waals surface area (Å²) in [6, 6.07) is 17.8. The lowest BCUT2D eigenvalue weighted by atomic mass is 10.1. The lowest BCUT2D eigenvalue weighted by Crippen LogP contribution is -2.33. The molecule has 1 fully saturated rings. The van der Waals surface area contributed by atoms with Gasteiger partial charge in [-0.2, -0.15) is 0 Å². The minimum atomic E-state index is -0.503. The number of thioether (sulfide) groups is 1. The van der Waals surface area contributed by atoms with Gasteiger partial charge in [-0.15, -0.1) is 0 Å². The van der Waals surface area contributed by atoms with Crippen LogP contribution >= 0.6 is 71.2 Å². The van der Waals surface area contributed by atoms with Crippen LogP contribution in [0, 0.1) is 0 Å². The van der Waals surface area contributed by atoms with Crippen molar-refractivity contribution in [2.24, 2.45) is 0 Å². The molecule has 35 heavy (non-hydrogen) atoms. The van der Waals surface area contributed by atoms with Crippen molar-refractivity contribution in [3.8, 4) is 5.75 Å². The summed E-state index contributed by atoms with van der Waals surface area (Å²) in [6.45, 7) is -0.0344. The lowest BCUT2D eigenvalue weighted by Gasteiger charge is -2.12. The van der Waals surface area contributed by atoms with Gasteiger partial charge in [-0.3, -0.25) is 19.3 Å². The summed E-state index contributed by atoms with van der Waals surface area (Å²) >= 11 is 17.3. The number of hydrogen-bond donors (Lipinski definition) is 0. The molecule has 10 heteroatoms. The Kier molecular flexibility index (Phi) is 8.54. The molecule has 1 aliphatic heterocycles. The Morgan fingerprint density at radius 2 is 1.66 bits per heavy atom. The van der Waals surface area contributed by atoms with Crippen molar-refractivity contribution >= 4 is 94.2 Å².